The average Bonchev–Trinajstić information content (AvgIpc) is 2.86. The molecule has 0 heterocycles. The van der Waals surface area contributed by atoms with E-state index in [0.29, 0.717) is 5.02 Å². The minimum atomic E-state index is -0.869. The number of hydrogen-bond acceptors (Lipinski definition) is 1. The molecule has 1 spiro atoms. The number of aliphatic carboxylic acids is 1. The molecule has 0 saturated heterocycles. The van der Waals surface area contributed by atoms with Crippen molar-refractivity contribution in [2.75, 3.05) is 0 Å². The normalized spacial score (nSPS) is 22.6. The second kappa shape index (κ2) is 4.13. The number of rotatable bonds is 1. The zero-order valence-electron chi connectivity index (χ0n) is 10.1. The number of carbonyl (C=O) groups is 1. The summed E-state index contributed by atoms with van der Waals surface area (Å²) in [6.45, 7) is 0. The van der Waals surface area contributed by atoms with Crippen molar-refractivity contribution in [1.29, 1.82) is 0 Å². The summed E-state index contributed by atoms with van der Waals surface area (Å²) >= 11 is 6.05. The van der Waals surface area contributed by atoms with Gasteiger partial charge >= 0.3 is 5.97 Å². The van der Waals surface area contributed by atoms with Crippen LogP contribution >= 0.6 is 11.6 Å². The van der Waals surface area contributed by atoms with E-state index in [-0.39, 0.29) is 5.41 Å². The van der Waals surface area contributed by atoms with Crippen LogP contribution in [0, 0.1) is 0 Å². The smallest absolute Gasteiger partial charge is 0.328 e. The fourth-order valence-electron chi connectivity index (χ4n) is 3.58. The molecule has 94 valence electrons. The van der Waals surface area contributed by atoms with Crippen LogP contribution in [0.4, 0.5) is 0 Å². The van der Waals surface area contributed by atoms with Crippen molar-refractivity contribution in [3.8, 4) is 0 Å². The van der Waals surface area contributed by atoms with Gasteiger partial charge in [0, 0.05) is 11.1 Å². The first-order chi connectivity index (χ1) is 8.61. The monoisotopic (exact) mass is 262 g/mol. The van der Waals surface area contributed by atoms with E-state index >= 15 is 0 Å². The Labute approximate surface area is 111 Å². The standard InChI is InChI=1S/C15H15ClO2/c16-11-3-4-13-12(8-11)10(7-14(17)18)9-15(13)5-1-2-6-15/h3-4,7-8H,1-2,5-6,9H2,(H,17,18). The van der Waals surface area contributed by atoms with Crippen LogP contribution in [0.25, 0.3) is 5.57 Å². The lowest BCUT2D eigenvalue weighted by Gasteiger charge is -2.23. The van der Waals surface area contributed by atoms with Gasteiger partial charge in [-0.15, -0.1) is 0 Å². The van der Waals surface area contributed by atoms with E-state index in [9.17, 15) is 4.79 Å². The molecule has 0 aliphatic heterocycles. The predicted molar refractivity (Wildman–Crippen MR) is 71.8 cm³/mol. The molecule has 1 saturated carbocycles. The van der Waals surface area contributed by atoms with E-state index in [4.69, 9.17) is 16.7 Å². The maximum absolute atomic E-state index is 10.9. The highest BCUT2D eigenvalue weighted by Crippen LogP contribution is 2.54. The van der Waals surface area contributed by atoms with Crippen molar-refractivity contribution in [1.82, 2.24) is 0 Å². The van der Waals surface area contributed by atoms with E-state index in [1.54, 1.807) is 0 Å². The van der Waals surface area contributed by atoms with Crippen LogP contribution in [0.15, 0.2) is 24.3 Å². The van der Waals surface area contributed by atoms with Crippen LogP contribution in [0.1, 0.15) is 43.2 Å². The van der Waals surface area contributed by atoms with Crippen LogP contribution in [-0.4, -0.2) is 11.1 Å². The van der Waals surface area contributed by atoms with Gasteiger partial charge < -0.3 is 5.11 Å². The molecule has 1 aromatic rings. The van der Waals surface area contributed by atoms with Gasteiger partial charge in [0.25, 0.3) is 0 Å². The number of halogens is 1. The van der Waals surface area contributed by atoms with Crippen LogP contribution in [-0.2, 0) is 10.2 Å². The Morgan fingerprint density at radius 3 is 2.72 bits per heavy atom. The Morgan fingerprint density at radius 1 is 1.33 bits per heavy atom. The maximum Gasteiger partial charge on any atom is 0.328 e. The molecule has 0 unspecified atom stereocenters. The molecule has 1 fully saturated rings. The first-order valence-electron chi connectivity index (χ1n) is 6.35. The van der Waals surface area contributed by atoms with Crippen molar-refractivity contribution in [2.24, 2.45) is 0 Å². The van der Waals surface area contributed by atoms with Gasteiger partial charge in [0.1, 0.15) is 0 Å². The topological polar surface area (TPSA) is 37.3 Å². The molecular weight excluding hydrogens is 248 g/mol. The maximum atomic E-state index is 10.9. The summed E-state index contributed by atoms with van der Waals surface area (Å²) < 4.78 is 0. The van der Waals surface area contributed by atoms with E-state index in [1.165, 1.54) is 37.3 Å². The highest BCUT2D eigenvalue weighted by Gasteiger charge is 2.43. The summed E-state index contributed by atoms with van der Waals surface area (Å²) in [6, 6.07) is 5.93. The highest BCUT2D eigenvalue weighted by molar-refractivity contribution is 6.30. The molecule has 2 nitrogen and oxygen atoms in total. The summed E-state index contributed by atoms with van der Waals surface area (Å²) in [5.41, 5.74) is 3.46. The molecule has 0 atom stereocenters. The Balaban J connectivity index is 2.15. The van der Waals surface area contributed by atoms with Crippen LogP contribution in [0.3, 0.4) is 0 Å². The summed E-state index contributed by atoms with van der Waals surface area (Å²) in [4.78, 5) is 10.9. The fraction of sp³-hybridized carbons (Fsp3) is 0.400. The third-order valence-electron chi connectivity index (χ3n) is 4.29. The molecule has 0 radical (unpaired) electrons. The van der Waals surface area contributed by atoms with E-state index in [1.807, 2.05) is 12.1 Å². The number of carboxylic acids is 1. The molecule has 3 heteroatoms. The number of fused-ring (bicyclic) bond motifs is 2. The average molecular weight is 263 g/mol. The molecule has 18 heavy (non-hydrogen) atoms. The van der Waals surface area contributed by atoms with Crippen molar-refractivity contribution < 1.29 is 9.90 Å². The molecule has 0 amide bonds. The molecule has 1 N–H and O–H groups in total. The Kier molecular flexibility index (Phi) is 2.70. The lowest BCUT2D eigenvalue weighted by atomic mass is 9.80. The summed E-state index contributed by atoms with van der Waals surface area (Å²) in [5, 5.41) is 9.67. The fourth-order valence-corrected chi connectivity index (χ4v) is 3.75. The second-order valence-corrected chi connectivity index (χ2v) is 5.80. The van der Waals surface area contributed by atoms with Crippen molar-refractivity contribution in [3.63, 3.8) is 0 Å². The summed E-state index contributed by atoms with van der Waals surface area (Å²) in [6.07, 6.45) is 7.01. The number of hydrogen-bond donors (Lipinski definition) is 1. The van der Waals surface area contributed by atoms with Gasteiger partial charge in [-0.25, -0.2) is 4.79 Å². The van der Waals surface area contributed by atoms with Gasteiger partial charge in [-0.2, -0.15) is 0 Å². The van der Waals surface area contributed by atoms with Crippen LogP contribution in [0.5, 0.6) is 0 Å². The Bertz CT molecular complexity index is 539. The van der Waals surface area contributed by atoms with Crippen molar-refractivity contribution in [3.05, 3.63) is 40.4 Å². The predicted octanol–water partition coefficient (Wildman–Crippen LogP) is 4.02. The van der Waals surface area contributed by atoms with Gasteiger partial charge in [0.15, 0.2) is 0 Å². The third-order valence-corrected chi connectivity index (χ3v) is 4.52. The van der Waals surface area contributed by atoms with Gasteiger partial charge in [0.05, 0.1) is 0 Å². The first-order valence-corrected chi connectivity index (χ1v) is 6.72. The Morgan fingerprint density at radius 2 is 2.06 bits per heavy atom. The highest BCUT2D eigenvalue weighted by atomic mass is 35.5. The molecule has 2 aliphatic rings. The SMILES string of the molecule is O=C(O)C=C1CC2(CCCC2)c2ccc(Cl)cc21. The van der Waals surface area contributed by atoms with Crippen LogP contribution in [0.2, 0.25) is 5.02 Å². The molecule has 0 aromatic heterocycles. The lowest BCUT2D eigenvalue weighted by molar-refractivity contribution is -0.131. The third kappa shape index (κ3) is 1.76. The molecule has 2 aliphatic carbocycles. The largest absolute Gasteiger partial charge is 0.478 e. The first kappa shape index (κ1) is 11.8. The molecule has 0 bridgehead atoms. The van der Waals surface area contributed by atoms with Gasteiger partial charge in [-0.05, 0) is 53.5 Å². The van der Waals surface area contributed by atoms with E-state index in [2.05, 4.69) is 6.07 Å². The number of carboxylic acid groups (broad SMARTS) is 1. The minimum absolute atomic E-state index is 0.182. The molecular formula is C15H15ClO2. The zero-order chi connectivity index (χ0) is 12.8. The van der Waals surface area contributed by atoms with E-state index < -0.39 is 5.97 Å². The summed E-state index contributed by atoms with van der Waals surface area (Å²) in [5.74, 6) is -0.869. The zero-order valence-corrected chi connectivity index (χ0v) is 10.8. The van der Waals surface area contributed by atoms with Gasteiger partial charge in [0.2, 0.25) is 0 Å². The molecule has 1 aromatic carbocycles. The minimum Gasteiger partial charge on any atom is -0.478 e. The lowest BCUT2D eigenvalue weighted by Crippen LogP contribution is -2.17. The van der Waals surface area contributed by atoms with Crippen molar-refractivity contribution in [2.45, 2.75) is 37.5 Å². The van der Waals surface area contributed by atoms with Gasteiger partial charge in [-0.3, -0.25) is 0 Å². The van der Waals surface area contributed by atoms with Gasteiger partial charge in [-0.1, -0.05) is 30.5 Å². The Hall–Kier alpha value is -1.28. The van der Waals surface area contributed by atoms with Crippen LogP contribution < -0.4 is 0 Å². The number of allylic oxidation sites excluding steroid dienone is 1. The van der Waals surface area contributed by atoms with E-state index in [0.717, 1.165) is 17.6 Å². The quantitative estimate of drug-likeness (QED) is 0.776. The van der Waals surface area contributed by atoms with Crippen molar-refractivity contribution >= 4 is 23.1 Å². The summed E-state index contributed by atoms with van der Waals surface area (Å²) in [7, 11) is 0. The molecule has 3 rings (SSSR count). The second-order valence-electron chi connectivity index (χ2n) is 5.36. The number of benzene rings is 1.